The van der Waals surface area contributed by atoms with Gasteiger partial charge < -0.3 is 15.3 Å². The van der Waals surface area contributed by atoms with Crippen molar-refractivity contribution in [2.45, 2.75) is 38.3 Å². The molecule has 0 saturated heterocycles. The Hall–Kier alpha value is -1.13. The molecule has 2 N–H and O–H groups in total. The van der Waals surface area contributed by atoms with E-state index in [9.17, 15) is 4.39 Å². The Morgan fingerprint density at radius 1 is 1.37 bits per heavy atom. The van der Waals surface area contributed by atoms with Gasteiger partial charge in [-0.15, -0.1) is 0 Å². The lowest BCUT2D eigenvalue weighted by atomic mass is 9.90. The van der Waals surface area contributed by atoms with Crippen LogP contribution in [0.25, 0.3) is 0 Å². The topological polar surface area (TPSA) is 35.5 Å². The second-order valence-corrected chi connectivity index (χ2v) is 5.20. The summed E-state index contributed by atoms with van der Waals surface area (Å²) in [7, 11) is 1.86. The molecule has 0 spiro atoms. The number of halogens is 1. The number of aliphatic hydroxyl groups excluding tert-OH is 1. The number of hydrogen-bond acceptors (Lipinski definition) is 3. The van der Waals surface area contributed by atoms with Crippen LogP contribution in [0.5, 0.6) is 0 Å². The van der Waals surface area contributed by atoms with E-state index in [0.29, 0.717) is 12.6 Å². The number of hydrogen-bond donors (Lipinski definition) is 2. The van der Waals surface area contributed by atoms with Crippen LogP contribution in [0.1, 0.15) is 31.2 Å². The molecule has 3 nitrogen and oxygen atoms in total. The lowest BCUT2D eigenvalue weighted by Gasteiger charge is -2.39. The van der Waals surface area contributed by atoms with Crippen molar-refractivity contribution in [2.75, 3.05) is 25.1 Å². The van der Waals surface area contributed by atoms with Gasteiger partial charge in [0.1, 0.15) is 5.82 Å². The van der Waals surface area contributed by atoms with Crippen LogP contribution in [-0.4, -0.2) is 31.3 Å². The first-order valence-electron chi connectivity index (χ1n) is 7.06. The van der Waals surface area contributed by atoms with E-state index in [0.717, 1.165) is 24.2 Å². The SMILES string of the molecule is CNCc1cc(F)cc(N(CCCO)C2CCC2)c1. The fourth-order valence-corrected chi connectivity index (χ4v) is 2.57. The monoisotopic (exact) mass is 266 g/mol. The van der Waals surface area contributed by atoms with Gasteiger partial charge in [0.2, 0.25) is 0 Å². The molecule has 19 heavy (non-hydrogen) atoms. The van der Waals surface area contributed by atoms with E-state index < -0.39 is 0 Å². The van der Waals surface area contributed by atoms with Gasteiger partial charge in [-0.2, -0.15) is 0 Å². The third kappa shape index (κ3) is 3.67. The standard InChI is InChI=1S/C15H23FN2O/c1-17-11-12-8-13(16)10-15(9-12)18(6-3-7-19)14-4-2-5-14/h8-10,14,17,19H,2-7,11H2,1H3. The van der Waals surface area contributed by atoms with E-state index in [1.807, 2.05) is 7.05 Å². The van der Waals surface area contributed by atoms with Gasteiger partial charge in [0, 0.05) is 31.4 Å². The Labute approximate surface area is 114 Å². The van der Waals surface area contributed by atoms with Gasteiger partial charge in [0.15, 0.2) is 0 Å². The van der Waals surface area contributed by atoms with Crippen molar-refractivity contribution in [1.29, 1.82) is 0 Å². The van der Waals surface area contributed by atoms with Crippen LogP contribution in [-0.2, 0) is 6.54 Å². The summed E-state index contributed by atoms with van der Waals surface area (Å²) in [5, 5.41) is 12.1. The third-order valence-corrected chi connectivity index (χ3v) is 3.73. The highest BCUT2D eigenvalue weighted by Gasteiger charge is 2.25. The zero-order valence-electron chi connectivity index (χ0n) is 11.5. The summed E-state index contributed by atoms with van der Waals surface area (Å²) in [6.45, 7) is 1.65. The fourth-order valence-electron chi connectivity index (χ4n) is 2.57. The molecular formula is C15H23FN2O. The molecule has 0 unspecified atom stereocenters. The van der Waals surface area contributed by atoms with Crippen LogP contribution < -0.4 is 10.2 Å². The number of benzene rings is 1. The molecule has 2 rings (SSSR count). The van der Waals surface area contributed by atoms with Crippen LogP contribution in [0.15, 0.2) is 18.2 Å². The molecule has 0 heterocycles. The Balaban J connectivity index is 2.18. The molecule has 0 atom stereocenters. The smallest absolute Gasteiger partial charge is 0.125 e. The maximum absolute atomic E-state index is 13.7. The van der Waals surface area contributed by atoms with Crippen molar-refractivity contribution >= 4 is 5.69 Å². The van der Waals surface area contributed by atoms with Gasteiger partial charge in [-0.1, -0.05) is 0 Å². The van der Waals surface area contributed by atoms with E-state index in [4.69, 9.17) is 5.11 Å². The first kappa shape index (κ1) is 14.3. The van der Waals surface area contributed by atoms with Crippen molar-refractivity contribution in [3.8, 4) is 0 Å². The van der Waals surface area contributed by atoms with E-state index in [-0.39, 0.29) is 12.4 Å². The van der Waals surface area contributed by atoms with E-state index in [1.165, 1.54) is 19.3 Å². The molecule has 0 amide bonds. The molecule has 1 aromatic carbocycles. The Morgan fingerprint density at radius 2 is 2.16 bits per heavy atom. The van der Waals surface area contributed by atoms with Crippen LogP contribution in [0.4, 0.5) is 10.1 Å². The molecule has 1 saturated carbocycles. The molecular weight excluding hydrogens is 243 g/mol. The van der Waals surface area contributed by atoms with Crippen molar-refractivity contribution in [3.05, 3.63) is 29.6 Å². The Kier molecular flexibility index (Phi) is 5.16. The van der Waals surface area contributed by atoms with Crippen LogP contribution in [0.2, 0.25) is 0 Å². The molecule has 106 valence electrons. The highest BCUT2D eigenvalue weighted by atomic mass is 19.1. The molecule has 0 aromatic heterocycles. The zero-order valence-corrected chi connectivity index (χ0v) is 11.5. The van der Waals surface area contributed by atoms with Gasteiger partial charge in [0.05, 0.1) is 0 Å². The number of anilines is 1. The average Bonchev–Trinajstić information content (AvgIpc) is 2.31. The predicted molar refractivity (Wildman–Crippen MR) is 75.9 cm³/mol. The number of nitrogens with zero attached hydrogens (tertiary/aromatic N) is 1. The van der Waals surface area contributed by atoms with Crippen molar-refractivity contribution in [2.24, 2.45) is 0 Å². The summed E-state index contributed by atoms with van der Waals surface area (Å²) in [5.41, 5.74) is 1.91. The quantitative estimate of drug-likeness (QED) is 0.795. The minimum atomic E-state index is -0.184. The molecule has 1 fully saturated rings. The highest BCUT2D eigenvalue weighted by Crippen LogP contribution is 2.30. The molecule has 1 aliphatic rings. The second-order valence-electron chi connectivity index (χ2n) is 5.20. The predicted octanol–water partition coefficient (Wildman–Crippen LogP) is 2.29. The molecule has 0 bridgehead atoms. The summed E-state index contributed by atoms with van der Waals surface area (Å²) in [4.78, 5) is 2.25. The van der Waals surface area contributed by atoms with Crippen molar-refractivity contribution < 1.29 is 9.50 Å². The van der Waals surface area contributed by atoms with Gasteiger partial charge in [-0.05, 0) is 56.5 Å². The molecule has 0 aliphatic heterocycles. The van der Waals surface area contributed by atoms with E-state index >= 15 is 0 Å². The summed E-state index contributed by atoms with van der Waals surface area (Å²) in [6, 6.07) is 5.74. The van der Waals surface area contributed by atoms with Crippen molar-refractivity contribution in [1.82, 2.24) is 5.32 Å². The van der Waals surface area contributed by atoms with Gasteiger partial charge in [0.25, 0.3) is 0 Å². The third-order valence-electron chi connectivity index (χ3n) is 3.73. The molecule has 0 radical (unpaired) electrons. The number of aliphatic hydroxyl groups is 1. The highest BCUT2D eigenvalue weighted by molar-refractivity contribution is 5.50. The Bertz CT molecular complexity index is 407. The lowest BCUT2D eigenvalue weighted by Crippen LogP contribution is -2.41. The fraction of sp³-hybridized carbons (Fsp3) is 0.600. The number of nitrogens with one attached hydrogen (secondary N) is 1. The molecule has 4 heteroatoms. The maximum Gasteiger partial charge on any atom is 0.125 e. The molecule has 1 aromatic rings. The van der Waals surface area contributed by atoms with Crippen LogP contribution in [0.3, 0.4) is 0 Å². The summed E-state index contributed by atoms with van der Waals surface area (Å²) in [6.07, 6.45) is 4.32. The van der Waals surface area contributed by atoms with E-state index in [2.05, 4.69) is 16.3 Å². The van der Waals surface area contributed by atoms with Gasteiger partial charge in [-0.3, -0.25) is 0 Å². The lowest BCUT2D eigenvalue weighted by molar-refractivity contribution is 0.283. The summed E-state index contributed by atoms with van der Waals surface area (Å²) >= 11 is 0. The van der Waals surface area contributed by atoms with Crippen LogP contribution >= 0.6 is 0 Å². The normalized spacial score (nSPS) is 15.3. The maximum atomic E-state index is 13.7. The largest absolute Gasteiger partial charge is 0.396 e. The van der Waals surface area contributed by atoms with Gasteiger partial charge in [-0.25, -0.2) is 4.39 Å². The first-order chi connectivity index (χ1) is 9.24. The van der Waals surface area contributed by atoms with E-state index in [1.54, 1.807) is 12.1 Å². The minimum Gasteiger partial charge on any atom is -0.396 e. The average molecular weight is 266 g/mol. The summed E-state index contributed by atoms with van der Waals surface area (Å²) in [5.74, 6) is -0.184. The number of rotatable bonds is 7. The minimum absolute atomic E-state index is 0.182. The summed E-state index contributed by atoms with van der Waals surface area (Å²) < 4.78 is 13.7. The second kappa shape index (κ2) is 6.87. The molecule has 1 aliphatic carbocycles. The Morgan fingerprint density at radius 3 is 2.74 bits per heavy atom. The van der Waals surface area contributed by atoms with Gasteiger partial charge >= 0.3 is 0 Å². The zero-order chi connectivity index (χ0) is 13.7. The van der Waals surface area contributed by atoms with Crippen LogP contribution in [0, 0.1) is 5.82 Å². The van der Waals surface area contributed by atoms with Crippen molar-refractivity contribution in [3.63, 3.8) is 0 Å². The first-order valence-corrected chi connectivity index (χ1v) is 7.06.